The molecule has 2 aromatic carbocycles. The van der Waals surface area contributed by atoms with Crippen molar-refractivity contribution >= 4 is 52.0 Å². The summed E-state index contributed by atoms with van der Waals surface area (Å²) in [5.41, 5.74) is 0.839. The van der Waals surface area contributed by atoms with E-state index in [2.05, 4.69) is 0 Å². The topological polar surface area (TPSA) is 57.6 Å². The second-order valence-corrected chi connectivity index (χ2v) is 8.35. The number of ketones is 1. The molecule has 1 aliphatic heterocycles. The van der Waals surface area contributed by atoms with E-state index >= 15 is 0 Å². The highest BCUT2D eigenvalue weighted by molar-refractivity contribution is 7.09. The molecule has 2 heterocycles. The second kappa shape index (κ2) is 8.03. The molecule has 0 bridgehead atoms. The minimum absolute atomic E-state index is 0.0206. The Bertz CT molecular complexity index is 1090. The highest BCUT2D eigenvalue weighted by atomic mass is 35.5. The maximum absolute atomic E-state index is 13.0. The maximum atomic E-state index is 13.0. The molecule has 4 nitrogen and oxygen atoms in total. The predicted octanol–water partition coefficient (Wildman–Crippen LogP) is 5.68. The van der Waals surface area contributed by atoms with E-state index in [0.717, 1.165) is 4.88 Å². The van der Waals surface area contributed by atoms with Crippen molar-refractivity contribution in [3.63, 3.8) is 0 Å². The van der Waals surface area contributed by atoms with Crippen molar-refractivity contribution in [3.8, 4) is 0 Å². The summed E-state index contributed by atoms with van der Waals surface area (Å²) in [6, 6.07) is 16.5. The third-order valence-electron chi connectivity index (χ3n) is 4.77. The number of nitrogens with zero attached hydrogens (tertiary/aromatic N) is 1. The molecule has 1 unspecified atom stereocenters. The normalized spacial score (nSPS) is 18.4. The smallest absolute Gasteiger partial charge is 0.295 e. The van der Waals surface area contributed by atoms with Crippen molar-refractivity contribution in [3.05, 3.63) is 97.7 Å². The van der Waals surface area contributed by atoms with Crippen LogP contribution in [0.1, 0.15) is 22.0 Å². The van der Waals surface area contributed by atoms with Crippen LogP contribution >= 0.6 is 34.5 Å². The molecule has 1 amide bonds. The van der Waals surface area contributed by atoms with Gasteiger partial charge in [0.25, 0.3) is 11.7 Å². The van der Waals surface area contributed by atoms with Gasteiger partial charge < -0.3 is 10.0 Å². The number of Topliss-reactive ketones (excluding diaryl/α,β-unsaturated/α-hetero) is 1. The summed E-state index contributed by atoms with van der Waals surface area (Å²) in [6.45, 7) is 0.208. The Morgan fingerprint density at radius 1 is 0.966 bits per heavy atom. The molecule has 0 aliphatic carbocycles. The van der Waals surface area contributed by atoms with Crippen LogP contribution in [0.15, 0.2) is 71.6 Å². The molecule has 146 valence electrons. The third kappa shape index (κ3) is 3.57. The zero-order chi connectivity index (χ0) is 20.5. The number of carbonyl (C=O) groups excluding carboxylic acids is 2. The molecule has 0 saturated carbocycles. The van der Waals surface area contributed by atoms with Gasteiger partial charge in [-0.3, -0.25) is 9.59 Å². The molecule has 0 spiro atoms. The first-order valence-corrected chi connectivity index (χ1v) is 10.4. The molecule has 1 fully saturated rings. The van der Waals surface area contributed by atoms with Crippen molar-refractivity contribution in [1.82, 2.24) is 4.90 Å². The number of rotatable bonds is 4. The minimum Gasteiger partial charge on any atom is -0.507 e. The molecule has 4 rings (SSSR count). The number of hydrogen-bond acceptors (Lipinski definition) is 4. The Hall–Kier alpha value is -2.60. The molecular formula is C22H15Cl2NO3S. The first-order chi connectivity index (χ1) is 14.0. The molecule has 0 radical (unpaired) electrons. The van der Waals surface area contributed by atoms with E-state index in [-0.39, 0.29) is 17.9 Å². The highest BCUT2D eigenvalue weighted by Crippen LogP contribution is 2.45. The quantitative estimate of drug-likeness (QED) is 0.320. The lowest BCUT2D eigenvalue weighted by atomic mass is 9.95. The van der Waals surface area contributed by atoms with Gasteiger partial charge in [-0.25, -0.2) is 0 Å². The van der Waals surface area contributed by atoms with Crippen molar-refractivity contribution in [2.75, 3.05) is 0 Å². The predicted molar refractivity (Wildman–Crippen MR) is 115 cm³/mol. The summed E-state index contributed by atoms with van der Waals surface area (Å²) in [7, 11) is 0. The molecule has 1 saturated heterocycles. The lowest BCUT2D eigenvalue weighted by molar-refractivity contribution is -0.140. The number of aliphatic hydroxyl groups is 1. The Balaban J connectivity index is 1.94. The van der Waals surface area contributed by atoms with Crippen LogP contribution in [0.25, 0.3) is 5.76 Å². The molecule has 7 heteroatoms. The van der Waals surface area contributed by atoms with Crippen molar-refractivity contribution in [2.24, 2.45) is 0 Å². The van der Waals surface area contributed by atoms with Gasteiger partial charge in [0.15, 0.2) is 0 Å². The Labute approximate surface area is 181 Å². The average molecular weight is 444 g/mol. The largest absolute Gasteiger partial charge is 0.507 e. The molecule has 1 aromatic heterocycles. The number of hydrogen-bond donors (Lipinski definition) is 1. The van der Waals surface area contributed by atoms with Gasteiger partial charge in [0.2, 0.25) is 0 Å². The van der Waals surface area contributed by atoms with Crippen LogP contribution in [0.3, 0.4) is 0 Å². The average Bonchev–Trinajstić information content (AvgIpc) is 3.31. The van der Waals surface area contributed by atoms with E-state index in [1.807, 2.05) is 17.5 Å². The van der Waals surface area contributed by atoms with E-state index in [0.29, 0.717) is 21.2 Å². The van der Waals surface area contributed by atoms with Gasteiger partial charge in [0.05, 0.1) is 18.2 Å². The van der Waals surface area contributed by atoms with Crippen molar-refractivity contribution in [1.29, 1.82) is 0 Å². The SMILES string of the molecule is O=C1C(=O)N(Cc2cccs2)C(c2c(Cl)cccc2Cl)/C1=C(\O)c1ccccc1. The first kappa shape index (κ1) is 19.7. The zero-order valence-electron chi connectivity index (χ0n) is 15.0. The van der Waals surface area contributed by atoms with Gasteiger partial charge in [-0.1, -0.05) is 65.7 Å². The molecule has 3 aromatic rings. The van der Waals surface area contributed by atoms with E-state index in [1.54, 1.807) is 48.5 Å². The highest BCUT2D eigenvalue weighted by Gasteiger charge is 2.47. The van der Waals surface area contributed by atoms with Crippen LogP contribution in [0.5, 0.6) is 0 Å². The Morgan fingerprint density at radius 2 is 1.66 bits per heavy atom. The fraction of sp³-hybridized carbons (Fsp3) is 0.0909. The number of aliphatic hydroxyl groups excluding tert-OH is 1. The van der Waals surface area contributed by atoms with Crippen molar-refractivity contribution < 1.29 is 14.7 Å². The van der Waals surface area contributed by atoms with Crippen LogP contribution < -0.4 is 0 Å². The van der Waals surface area contributed by atoms with Crippen LogP contribution in [0.2, 0.25) is 10.0 Å². The molecular weight excluding hydrogens is 429 g/mol. The van der Waals surface area contributed by atoms with Gasteiger partial charge in [-0.05, 0) is 23.6 Å². The number of amides is 1. The summed E-state index contributed by atoms with van der Waals surface area (Å²) >= 11 is 14.3. The number of thiophene rings is 1. The van der Waals surface area contributed by atoms with Crippen LogP contribution in [0, 0.1) is 0 Å². The van der Waals surface area contributed by atoms with Crippen LogP contribution in [-0.4, -0.2) is 21.7 Å². The number of carbonyl (C=O) groups is 2. The Kier molecular flexibility index (Phi) is 5.46. The maximum Gasteiger partial charge on any atom is 0.295 e. The number of benzene rings is 2. The fourth-order valence-corrected chi connectivity index (χ4v) is 4.74. The minimum atomic E-state index is -0.890. The van der Waals surface area contributed by atoms with E-state index in [1.165, 1.54) is 16.2 Å². The standard InChI is InChI=1S/C22H15Cl2NO3S/c23-15-9-4-10-16(24)17(15)19-18(20(26)13-6-2-1-3-7-13)21(27)22(28)25(19)12-14-8-5-11-29-14/h1-11,19,26H,12H2/b20-18+. The third-order valence-corrected chi connectivity index (χ3v) is 6.29. The summed E-state index contributed by atoms with van der Waals surface area (Å²) in [6.07, 6.45) is 0. The molecule has 1 atom stereocenters. The summed E-state index contributed by atoms with van der Waals surface area (Å²) in [5, 5.41) is 13.5. The van der Waals surface area contributed by atoms with E-state index in [4.69, 9.17) is 23.2 Å². The monoisotopic (exact) mass is 443 g/mol. The van der Waals surface area contributed by atoms with Gasteiger partial charge in [0, 0.05) is 26.0 Å². The van der Waals surface area contributed by atoms with Gasteiger partial charge in [-0.2, -0.15) is 0 Å². The van der Waals surface area contributed by atoms with Crippen LogP contribution in [0.4, 0.5) is 0 Å². The Morgan fingerprint density at radius 3 is 2.28 bits per heavy atom. The van der Waals surface area contributed by atoms with Crippen molar-refractivity contribution in [2.45, 2.75) is 12.6 Å². The van der Waals surface area contributed by atoms with Gasteiger partial charge in [-0.15, -0.1) is 11.3 Å². The van der Waals surface area contributed by atoms with E-state index < -0.39 is 17.7 Å². The van der Waals surface area contributed by atoms with Gasteiger partial charge >= 0.3 is 0 Å². The number of likely N-dealkylation sites (tertiary alicyclic amines) is 1. The molecule has 29 heavy (non-hydrogen) atoms. The second-order valence-electron chi connectivity index (χ2n) is 6.51. The lowest BCUT2D eigenvalue weighted by Crippen LogP contribution is -2.29. The lowest BCUT2D eigenvalue weighted by Gasteiger charge is -2.26. The number of halogens is 2. The molecule has 1 N–H and O–H groups in total. The van der Waals surface area contributed by atoms with E-state index in [9.17, 15) is 14.7 Å². The first-order valence-electron chi connectivity index (χ1n) is 8.79. The fourth-order valence-electron chi connectivity index (χ4n) is 3.44. The summed E-state index contributed by atoms with van der Waals surface area (Å²) < 4.78 is 0. The summed E-state index contributed by atoms with van der Waals surface area (Å²) in [4.78, 5) is 28.2. The zero-order valence-corrected chi connectivity index (χ0v) is 17.3. The van der Waals surface area contributed by atoms with Crippen LogP contribution in [-0.2, 0) is 16.1 Å². The van der Waals surface area contributed by atoms with Gasteiger partial charge in [0.1, 0.15) is 5.76 Å². The molecule has 1 aliphatic rings. The summed E-state index contributed by atoms with van der Waals surface area (Å²) in [5.74, 6) is -1.71.